The number of hydrogen-bond donors (Lipinski definition) is 3. The van der Waals surface area contributed by atoms with E-state index in [4.69, 9.17) is 9.73 Å². The van der Waals surface area contributed by atoms with Crippen molar-refractivity contribution in [3.05, 3.63) is 47.7 Å². The van der Waals surface area contributed by atoms with Gasteiger partial charge < -0.3 is 25.2 Å². The molecule has 274 valence electrons. The largest absolute Gasteiger partial charge is 0.467 e. The van der Waals surface area contributed by atoms with Gasteiger partial charge in [0, 0.05) is 31.8 Å². The smallest absolute Gasteiger partial charge is 0.422 e. The van der Waals surface area contributed by atoms with Gasteiger partial charge in [0.05, 0.1) is 23.5 Å². The predicted octanol–water partition coefficient (Wildman–Crippen LogP) is 6.04. The molecule has 2 aliphatic rings. The number of aromatic nitrogens is 2. The number of amidine groups is 1. The summed E-state index contributed by atoms with van der Waals surface area (Å²) in [4.78, 5) is 52.2. The fourth-order valence-corrected chi connectivity index (χ4v) is 7.48. The number of carbonyl (C=O) groups is 3. The van der Waals surface area contributed by atoms with Gasteiger partial charge in [-0.3, -0.25) is 14.6 Å². The molecule has 3 N–H and O–H groups in total. The highest BCUT2D eigenvalue weighted by Crippen LogP contribution is 2.67. The highest BCUT2D eigenvalue weighted by Gasteiger charge is 2.71. The molecule has 12 nitrogen and oxygen atoms in total. The molecule has 1 saturated carbocycles. The molecule has 4 rings (SSSR count). The molecule has 2 aromatic rings. The van der Waals surface area contributed by atoms with Gasteiger partial charge in [-0.1, -0.05) is 31.4 Å². The van der Waals surface area contributed by atoms with E-state index in [0.29, 0.717) is 0 Å². The maximum absolute atomic E-state index is 15.7. The van der Waals surface area contributed by atoms with Crippen molar-refractivity contribution in [2.45, 2.75) is 74.9 Å². The molecule has 2 heterocycles. The summed E-state index contributed by atoms with van der Waals surface area (Å²) in [5.74, 6) is -3.27. The molecule has 19 heteroatoms. The SMILES string of the molecule is CC(C)(CF)NC(=O)[C@]12C[C@H]1[C@@](C)(c1cc(NC(=O)c3cnc(OCC(F)(F)F)cn3)ccc1F)N=C(N(COCC[Si](C)(C)C)C(=O)O)S2. The molecule has 0 bridgehead atoms. The Hall–Kier alpha value is -3.84. The van der Waals surface area contributed by atoms with E-state index in [0.717, 1.165) is 41.2 Å². The van der Waals surface area contributed by atoms with Crippen molar-refractivity contribution < 1.29 is 50.9 Å². The Morgan fingerprint density at radius 2 is 1.86 bits per heavy atom. The van der Waals surface area contributed by atoms with Gasteiger partial charge in [-0.25, -0.2) is 28.4 Å². The lowest BCUT2D eigenvalue weighted by molar-refractivity contribution is -0.154. The number of halogens is 5. The Morgan fingerprint density at radius 3 is 2.44 bits per heavy atom. The number of ether oxygens (including phenoxy) is 2. The summed E-state index contributed by atoms with van der Waals surface area (Å²) in [5.41, 5.74) is -3.06. The fraction of sp³-hybridized carbons (Fsp3) is 0.548. The maximum Gasteiger partial charge on any atom is 0.422 e. The Labute approximate surface area is 290 Å². The number of hydrogen-bond acceptors (Lipinski definition) is 9. The number of rotatable bonds is 13. The number of amides is 3. The minimum atomic E-state index is -4.60. The summed E-state index contributed by atoms with van der Waals surface area (Å²) in [7, 11) is -1.51. The second-order valence-corrected chi connectivity index (χ2v) is 21.0. The van der Waals surface area contributed by atoms with Crippen molar-refractivity contribution in [1.82, 2.24) is 20.2 Å². The van der Waals surface area contributed by atoms with Gasteiger partial charge in [-0.15, -0.1) is 0 Å². The van der Waals surface area contributed by atoms with Crippen LogP contribution < -0.4 is 15.4 Å². The van der Waals surface area contributed by atoms with Crippen LogP contribution in [0.5, 0.6) is 5.88 Å². The Bertz CT molecular complexity index is 1640. The van der Waals surface area contributed by atoms with Crippen LogP contribution in [-0.4, -0.2) is 94.2 Å². The number of thioether (sulfide) groups is 1. The first-order chi connectivity index (χ1) is 23.1. The van der Waals surface area contributed by atoms with Crippen molar-refractivity contribution in [1.29, 1.82) is 0 Å². The molecule has 0 spiro atoms. The van der Waals surface area contributed by atoms with E-state index in [1.807, 2.05) is 0 Å². The number of aliphatic imine (C=N–C) groups is 1. The van der Waals surface area contributed by atoms with E-state index in [-0.39, 0.29) is 35.1 Å². The van der Waals surface area contributed by atoms with Crippen LogP contribution >= 0.6 is 11.8 Å². The number of fused-ring (bicyclic) bond motifs is 1. The lowest BCUT2D eigenvalue weighted by Crippen LogP contribution is -2.53. The van der Waals surface area contributed by atoms with Gasteiger partial charge in [0.15, 0.2) is 11.8 Å². The lowest BCUT2D eigenvalue weighted by Gasteiger charge is -2.37. The van der Waals surface area contributed by atoms with E-state index in [2.05, 4.69) is 45.0 Å². The summed E-state index contributed by atoms with van der Waals surface area (Å²) in [5, 5.41) is 15.3. The Balaban J connectivity index is 1.66. The molecule has 0 saturated heterocycles. The zero-order chi connectivity index (χ0) is 37.3. The maximum atomic E-state index is 15.7. The topological polar surface area (TPSA) is 155 Å². The molecule has 1 aliphatic carbocycles. The first-order valence-electron chi connectivity index (χ1n) is 15.5. The molecule has 1 aromatic carbocycles. The van der Waals surface area contributed by atoms with Crippen LogP contribution in [0, 0.1) is 11.7 Å². The van der Waals surface area contributed by atoms with Crippen LogP contribution in [0.25, 0.3) is 0 Å². The van der Waals surface area contributed by atoms with Gasteiger partial charge in [-0.05, 0) is 51.4 Å². The zero-order valence-corrected chi connectivity index (χ0v) is 30.1. The molecule has 3 atom stereocenters. The monoisotopic (exact) mass is 746 g/mol. The number of carboxylic acid groups (broad SMARTS) is 1. The number of benzene rings is 1. The normalized spacial score (nSPS) is 21.8. The van der Waals surface area contributed by atoms with E-state index in [1.165, 1.54) is 26.0 Å². The Kier molecular flexibility index (Phi) is 11.2. The average molecular weight is 747 g/mol. The van der Waals surface area contributed by atoms with Crippen molar-refractivity contribution in [2.75, 3.05) is 31.9 Å². The van der Waals surface area contributed by atoms with Crippen LogP contribution in [0.4, 0.5) is 32.4 Å². The summed E-state index contributed by atoms with van der Waals surface area (Å²) >= 11 is 0.897. The number of anilines is 1. The van der Waals surface area contributed by atoms with Crippen molar-refractivity contribution in [2.24, 2.45) is 10.9 Å². The number of nitrogens with one attached hydrogen (secondary N) is 2. The van der Waals surface area contributed by atoms with Crippen molar-refractivity contribution in [3.8, 4) is 5.88 Å². The van der Waals surface area contributed by atoms with Crippen molar-refractivity contribution in [3.63, 3.8) is 0 Å². The highest BCUT2D eigenvalue weighted by molar-refractivity contribution is 8.16. The second-order valence-electron chi connectivity index (χ2n) is 14.1. The third-order valence-electron chi connectivity index (χ3n) is 8.05. The van der Waals surface area contributed by atoms with Gasteiger partial charge in [0.1, 0.15) is 29.7 Å². The molecule has 0 unspecified atom stereocenters. The number of alkyl halides is 4. The standard InChI is InChI=1S/C31H39F5N6O6SSi/c1-28(2,15-32)40-25(44)30-12-22(30)29(3,41-26(49-30)42(27(45)46)17-47-9-10-50(4,5)6)19-11-18(7-8-20(19)33)39-24(43)21-13-38-23(14-37-21)48-16-31(34,35)36/h7-8,11,13-14,22H,9-10,12,15-17H2,1-6H3,(H,39,43)(H,40,44)(H,45,46)/t22-,29+,30-/m0/s1. The van der Waals surface area contributed by atoms with Crippen LogP contribution in [0.3, 0.4) is 0 Å². The van der Waals surface area contributed by atoms with Gasteiger partial charge in [0.2, 0.25) is 11.8 Å². The van der Waals surface area contributed by atoms with Gasteiger partial charge in [0.25, 0.3) is 5.91 Å². The second kappa shape index (κ2) is 14.4. The molecule has 1 aliphatic heterocycles. The Morgan fingerprint density at radius 1 is 1.16 bits per heavy atom. The third-order valence-corrected chi connectivity index (χ3v) is 11.3. The summed E-state index contributed by atoms with van der Waals surface area (Å²) in [6, 6.07) is 4.37. The molecule has 1 fully saturated rings. The molecular formula is C31H39F5N6O6SSi. The third kappa shape index (κ3) is 9.28. The molecular weight excluding hydrogens is 708 g/mol. The lowest BCUT2D eigenvalue weighted by atomic mass is 9.85. The molecule has 1 aromatic heterocycles. The fourth-order valence-electron chi connectivity index (χ4n) is 5.16. The number of nitrogens with zero attached hydrogens (tertiary/aromatic N) is 4. The molecule has 50 heavy (non-hydrogen) atoms. The average Bonchev–Trinajstić information content (AvgIpc) is 3.77. The van der Waals surface area contributed by atoms with Crippen LogP contribution in [0.15, 0.2) is 35.6 Å². The van der Waals surface area contributed by atoms with Gasteiger partial charge in [-0.2, -0.15) is 13.2 Å². The van der Waals surface area contributed by atoms with Crippen LogP contribution in [0.1, 0.15) is 43.2 Å². The molecule has 3 amide bonds. The molecule has 0 radical (unpaired) electrons. The summed E-state index contributed by atoms with van der Waals surface area (Å²) < 4.78 is 75.7. The van der Waals surface area contributed by atoms with E-state index >= 15 is 4.39 Å². The summed E-state index contributed by atoms with van der Waals surface area (Å²) in [6.45, 7) is 8.37. The van der Waals surface area contributed by atoms with E-state index < -0.39 is 85.6 Å². The minimum absolute atomic E-state index is 0.0653. The quantitative estimate of drug-likeness (QED) is 0.0963. The number of carbonyl (C=O) groups excluding carboxylic acids is 2. The van der Waals surface area contributed by atoms with Crippen LogP contribution in [0.2, 0.25) is 25.7 Å². The minimum Gasteiger partial charge on any atom is -0.467 e. The highest BCUT2D eigenvalue weighted by atomic mass is 32.2. The van der Waals surface area contributed by atoms with Crippen molar-refractivity contribution >= 4 is 48.6 Å². The predicted molar refractivity (Wildman–Crippen MR) is 178 cm³/mol. The van der Waals surface area contributed by atoms with Crippen LogP contribution in [-0.2, 0) is 15.1 Å². The van der Waals surface area contributed by atoms with E-state index in [9.17, 15) is 37.1 Å². The zero-order valence-electron chi connectivity index (χ0n) is 28.3. The van der Waals surface area contributed by atoms with Gasteiger partial charge >= 0.3 is 12.3 Å². The first kappa shape index (κ1) is 39.0. The van der Waals surface area contributed by atoms with E-state index in [1.54, 1.807) is 6.92 Å². The first-order valence-corrected chi connectivity index (χ1v) is 20.0. The summed E-state index contributed by atoms with van der Waals surface area (Å²) in [6.07, 6.45) is -4.11.